The molecular formula is C14H19N3O2. The van der Waals surface area contributed by atoms with Crippen molar-refractivity contribution in [2.75, 3.05) is 32.0 Å². The molecule has 1 aromatic rings. The van der Waals surface area contributed by atoms with Crippen LogP contribution in [0.2, 0.25) is 0 Å². The minimum Gasteiger partial charge on any atom is -0.324 e. The lowest BCUT2D eigenvalue weighted by atomic mass is 10.1. The van der Waals surface area contributed by atoms with Gasteiger partial charge in [0.2, 0.25) is 5.91 Å². The van der Waals surface area contributed by atoms with Crippen LogP contribution in [-0.2, 0) is 4.79 Å². The molecule has 0 aliphatic carbocycles. The van der Waals surface area contributed by atoms with Crippen molar-refractivity contribution in [1.29, 1.82) is 0 Å². The maximum absolute atomic E-state index is 12.0. The van der Waals surface area contributed by atoms with Gasteiger partial charge in [-0.3, -0.25) is 14.5 Å². The van der Waals surface area contributed by atoms with E-state index < -0.39 is 0 Å². The van der Waals surface area contributed by atoms with E-state index in [4.69, 9.17) is 0 Å². The van der Waals surface area contributed by atoms with E-state index in [1.54, 1.807) is 18.2 Å². The number of hydrogen-bond acceptors (Lipinski definition) is 4. The van der Waals surface area contributed by atoms with Gasteiger partial charge in [0.15, 0.2) is 5.78 Å². The molecule has 1 aromatic carbocycles. The fourth-order valence-corrected chi connectivity index (χ4v) is 2.03. The highest BCUT2D eigenvalue weighted by Crippen LogP contribution is 2.15. The fraction of sp³-hybridized carbons (Fsp3) is 0.429. The molecule has 0 unspecified atom stereocenters. The van der Waals surface area contributed by atoms with Crippen molar-refractivity contribution in [2.24, 2.45) is 0 Å². The molecule has 19 heavy (non-hydrogen) atoms. The van der Waals surface area contributed by atoms with Crippen LogP contribution in [0.4, 0.5) is 5.69 Å². The maximum atomic E-state index is 12.0. The molecule has 1 saturated heterocycles. The van der Waals surface area contributed by atoms with Gasteiger partial charge in [-0.05, 0) is 26.1 Å². The second kappa shape index (κ2) is 5.95. The van der Waals surface area contributed by atoms with E-state index in [1.807, 2.05) is 18.0 Å². The topological polar surface area (TPSA) is 61.4 Å². The number of Topliss-reactive ketones (excluding diaryl/α,β-unsaturated/α-hetero) is 1. The molecule has 1 heterocycles. The van der Waals surface area contributed by atoms with Crippen molar-refractivity contribution in [3.63, 3.8) is 0 Å². The van der Waals surface area contributed by atoms with Crippen LogP contribution in [0.25, 0.3) is 0 Å². The number of para-hydroxylation sites is 1. The molecule has 0 saturated carbocycles. The summed E-state index contributed by atoms with van der Waals surface area (Å²) in [4.78, 5) is 25.4. The Balaban J connectivity index is 1.96. The summed E-state index contributed by atoms with van der Waals surface area (Å²) in [5, 5.41) is 5.98. The molecule has 0 radical (unpaired) electrons. The van der Waals surface area contributed by atoms with Gasteiger partial charge in [0.1, 0.15) is 0 Å². The Morgan fingerprint density at radius 2 is 2.05 bits per heavy atom. The van der Waals surface area contributed by atoms with Crippen molar-refractivity contribution in [3.8, 4) is 0 Å². The Hall–Kier alpha value is -1.72. The minimum atomic E-state index is -0.0944. The van der Waals surface area contributed by atoms with Gasteiger partial charge in [-0.2, -0.15) is 0 Å². The van der Waals surface area contributed by atoms with Crippen molar-refractivity contribution >= 4 is 17.4 Å². The smallest absolute Gasteiger partial charge is 0.238 e. The van der Waals surface area contributed by atoms with E-state index >= 15 is 0 Å². The average molecular weight is 261 g/mol. The molecule has 1 amide bonds. The van der Waals surface area contributed by atoms with Crippen LogP contribution in [0.5, 0.6) is 0 Å². The van der Waals surface area contributed by atoms with Crippen molar-refractivity contribution < 1.29 is 9.59 Å². The number of anilines is 1. The van der Waals surface area contributed by atoms with Crippen molar-refractivity contribution in [1.82, 2.24) is 10.2 Å². The quantitative estimate of drug-likeness (QED) is 0.767. The van der Waals surface area contributed by atoms with Gasteiger partial charge >= 0.3 is 0 Å². The van der Waals surface area contributed by atoms with Gasteiger partial charge in [0.25, 0.3) is 0 Å². The second-order valence-corrected chi connectivity index (χ2v) is 4.88. The first-order valence-corrected chi connectivity index (χ1v) is 6.38. The Bertz CT molecular complexity index is 483. The number of benzene rings is 1. The summed E-state index contributed by atoms with van der Waals surface area (Å²) >= 11 is 0. The Kier molecular flexibility index (Phi) is 4.29. The first-order chi connectivity index (χ1) is 9.08. The summed E-state index contributed by atoms with van der Waals surface area (Å²) in [5.41, 5.74) is 1.13. The van der Waals surface area contributed by atoms with Crippen LogP contribution >= 0.6 is 0 Å². The summed E-state index contributed by atoms with van der Waals surface area (Å²) in [6, 6.07) is 7.49. The van der Waals surface area contributed by atoms with E-state index in [0.717, 1.165) is 13.1 Å². The summed E-state index contributed by atoms with van der Waals surface area (Å²) in [7, 11) is 1.93. The van der Waals surface area contributed by atoms with Crippen LogP contribution < -0.4 is 10.6 Å². The molecular weight excluding hydrogens is 242 g/mol. The highest BCUT2D eigenvalue weighted by Gasteiger charge is 2.23. The molecule has 2 rings (SSSR count). The van der Waals surface area contributed by atoms with Crippen LogP contribution in [-0.4, -0.2) is 49.3 Å². The van der Waals surface area contributed by atoms with Gasteiger partial charge < -0.3 is 10.6 Å². The molecule has 5 heteroatoms. The Morgan fingerprint density at radius 3 is 2.63 bits per heavy atom. The zero-order valence-corrected chi connectivity index (χ0v) is 11.3. The molecule has 0 aromatic heterocycles. The highest BCUT2D eigenvalue weighted by atomic mass is 16.2. The van der Waals surface area contributed by atoms with Gasteiger partial charge in [-0.25, -0.2) is 0 Å². The third-order valence-electron chi connectivity index (χ3n) is 3.36. The lowest BCUT2D eigenvalue weighted by Gasteiger charge is -2.35. The first-order valence-electron chi connectivity index (χ1n) is 6.38. The third kappa shape index (κ3) is 3.39. The van der Waals surface area contributed by atoms with Crippen molar-refractivity contribution in [2.45, 2.75) is 13.0 Å². The van der Waals surface area contributed by atoms with E-state index in [-0.39, 0.29) is 11.7 Å². The van der Waals surface area contributed by atoms with E-state index in [1.165, 1.54) is 6.92 Å². The lowest BCUT2D eigenvalue weighted by molar-refractivity contribution is -0.117. The molecule has 5 nitrogen and oxygen atoms in total. The maximum Gasteiger partial charge on any atom is 0.238 e. The van der Waals surface area contributed by atoms with E-state index in [9.17, 15) is 9.59 Å². The molecule has 1 fully saturated rings. The zero-order valence-electron chi connectivity index (χ0n) is 11.3. The number of carbonyl (C=O) groups excluding carboxylic acids is 2. The Morgan fingerprint density at radius 1 is 1.37 bits per heavy atom. The number of hydrogen-bond donors (Lipinski definition) is 2. The van der Waals surface area contributed by atoms with Crippen molar-refractivity contribution in [3.05, 3.63) is 29.8 Å². The van der Waals surface area contributed by atoms with Crippen LogP contribution in [0, 0.1) is 0 Å². The monoisotopic (exact) mass is 261 g/mol. The largest absolute Gasteiger partial charge is 0.324 e. The number of amides is 1. The summed E-state index contributed by atoms with van der Waals surface area (Å²) in [6.45, 7) is 3.68. The molecule has 2 N–H and O–H groups in total. The van der Waals surface area contributed by atoms with E-state index in [0.29, 0.717) is 23.8 Å². The second-order valence-electron chi connectivity index (χ2n) is 4.88. The minimum absolute atomic E-state index is 0.0487. The fourth-order valence-electron chi connectivity index (χ4n) is 2.03. The standard InChI is InChI=1S/C14H19N3O2/c1-10(18)12-5-3-4-6-13(12)16-14(19)9-17(2)11-7-15-8-11/h3-6,11,15H,7-9H2,1-2H3,(H,16,19). The number of nitrogens with zero attached hydrogens (tertiary/aromatic N) is 1. The van der Waals surface area contributed by atoms with Gasteiger partial charge in [0, 0.05) is 24.7 Å². The molecule has 102 valence electrons. The number of ketones is 1. The molecule has 1 aliphatic heterocycles. The number of likely N-dealkylation sites (N-methyl/N-ethyl adjacent to an activating group) is 1. The summed E-state index contributed by atoms with van der Waals surface area (Å²) in [5.74, 6) is -0.143. The third-order valence-corrected chi connectivity index (χ3v) is 3.36. The first kappa shape index (κ1) is 13.7. The number of carbonyl (C=O) groups is 2. The summed E-state index contributed by atoms with van der Waals surface area (Å²) < 4.78 is 0. The van der Waals surface area contributed by atoms with Crippen LogP contribution in [0.1, 0.15) is 17.3 Å². The SMILES string of the molecule is CC(=O)c1ccccc1NC(=O)CN(C)C1CNC1. The molecule has 0 bridgehead atoms. The van der Waals surface area contributed by atoms with Gasteiger partial charge in [0.05, 0.1) is 12.2 Å². The van der Waals surface area contributed by atoms with E-state index in [2.05, 4.69) is 10.6 Å². The lowest BCUT2D eigenvalue weighted by Crippen LogP contribution is -2.57. The predicted molar refractivity (Wildman–Crippen MR) is 74.4 cm³/mol. The summed E-state index contributed by atoms with van der Waals surface area (Å²) in [6.07, 6.45) is 0. The molecule has 0 spiro atoms. The number of nitrogens with one attached hydrogen (secondary N) is 2. The highest BCUT2D eigenvalue weighted by molar-refractivity contribution is 6.04. The van der Waals surface area contributed by atoms with Crippen LogP contribution in [0.15, 0.2) is 24.3 Å². The molecule has 1 aliphatic rings. The van der Waals surface area contributed by atoms with Gasteiger partial charge in [-0.15, -0.1) is 0 Å². The Labute approximate surface area is 113 Å². The predicted octanol–water partition coefficient (Wildman–Crippen LogP) is 0.731. The van der Waals surface area contributed by atoms with Crippen LogP contribution in [0.3, 0.4) is 0 Å². The zero-order chi connectivity index (χ0) is 13.8. The number of rotatable bonds is 5. The molecule has 0 atom stereocenters. The van der Waals surface area contributed by atoms with Gasteiger partial charge in [-0.1, -0.05) is 12.1 Å². The normalized spacial score (nSPS) is 15.1. The average Bonchev–Trinajstić information content (AvgIpc) is 2.26.